The number of aromatic nitrogens is 2. The number of hydrogen-bond donors (Lipinski definition) is 1. The Labute approximate surface area is 173 Å². The monoisotopic (exact) mass is 406 g/mol. The topological polar surface area (TPSA) is 94.8 Å². The van der Waals surface area contributed by atoms with Gasteiger partial charge in [-0.2, -0.15) is 0 Å². The highest BCUT2D eigenvalue weighted by molar-refractivity contribution is 6.07. The van der Waals surface area contributed by atoms with Crippen LogP contribution in [0.1, 0.15) is 22.3 Å². The fraction of sp³-hybridized carbons (Fsp3) is 0.273. The van der Waals surface area contributed by atoms with E-state index in [9.17, 15) is 9.59 Å². The van der Waals surface area contributed by atoms with Crippen molar-refractivity contribution >= 4 is 28.6 Å². The molecule has 30 heavy (non-hydrogen) atoms. The number of aryl methyl sites for hydroxylation is 1. The molecule has 0 aliphatic carbocycles. The molecule has 0 saturated heterocycles. The molecule has 0 fully saturated rings. The molecule has 1 aliphatic rings. The van der Waals surface area contributed by atoms with Crippen LogP contribution in [0.5, 0.6) is 0 Å². The lowest BCUT2D eigenvalue weighted by Crippen LogP contribution is -2.43. The minimum absolute atomic E-state index is 0.170. The van der Waals surface area contributed by atoms with E-state index in [0.717, 1.165) is 16.6 Å². The minimum Gasteiger partial charge on any atom is -0.466 e. The van der Waals surface area contributed by atoms with Crippen molar-refractivity contribution in [1.29, 1.82) is 0 Å². The van der Waals surface area contributed by atoms with Crippen molar-refractivity contribution in [3.05, 3.63) is 66.0 Å². The molecule has 3 aromatic rings. The summed E-state index contributed by atoms with van der Waals surface area (Å²) in [7, 11) is 3.20. The van der Waals surface area contributed by atoms with E-state index >= 15 is 0 Å². The third kappa shape index (κ3) is 3.63. The van der Waals surface area contributed by atoms with Gasteiger partial charge in [0.15, 0.2) is 0 Å². The quantitative estimate of drug-likeness (QED) is 0.634. The number of esters is 1. The number of nitrogens with one attached hydrogen (secondary N) is 1. The molecule has 1 atom stereocenters. The first-order valence-corrected chi connectivity index (χ1v) is 9.57. The van der Waals surface area contributed by atoms with Gasteiger partial charge in [0.1, 0.15) is 5.65 Å². The number of methoxy groups -OCH3 is 1. The van der Waals surface area contributed by atoms with Gasteiger partial charge in [0.2, 0.25) is 5.60 Å². The standard InChI is InChI=1S/C22H22N4O4/c1-26-11-9-17-18(8-10-23-19(17)26)20(27)24-14-16-13-22(30-25-16,21(28)29-2)12-15-6-4-3-5-7-15/h3-11H,12-14H2,1-2H3,(H,24,27). The Kier molecular flexibility index (Phi) is 5.22. The van der Waals surface area contributed by atoms with Gasteiger partial charge in [0.05, 0.1) is 24.9 Å². The lowest BCUT2D eigenvalue weighted by Gasteiger charge is -2.23. The summed E-state index contributed by atoms with van der Waals surface area (Å²) in [5.41, 5.74) is 1.55. The van der Waals surface area contributed by atoms with E-state index in [4.69, 9.17) is 9.57 Å². The average molecular weight is 406 g/mol. The van der Waals surface area contributed by atoms with Crippen molar-refractivity contribution in [3.8, 4) is 0 Å². The number of pyridine rings is 1. The van der Waals surface area contributed by atoms with Gasteiger partial charge in [-0.05, 0) is 17.7 Å². The maximum atomic E-state index is 12.7. The average Bonchev–Trinajstić information content (AvgIpc) is 3.36. The number of hydrogen-bond acceptors (Lipinski definition) is 6. The van der Waals surface area contributed by atoms with E-state index in [1.165, 1.54) is 7.11 Å². The molecule has 0 spiro atoms. The summed E-state index contributed by atoms with van der Waals surface area (Å²) in [5, 5.41) is 7.71. The van der Waals surface area contributed by atoms with Crippen LogP contribution in [-0.4, -0.2) is 46.4 Å². The zero-order chi connectivity index (χ0) is 21.1. The van der Waals surface area contributed by atoms with Crippen molar-refractivity contribution in [2.45, 2.75) is 18.4 Å². The Hall–Kier alpha value is -3.68. The van der Waals surface area contributed by atoms with Crippen molar-refractivity contribution < 1.29 is 19.2 Å². The molecule has 0 bridgehead atoms. The molecule has 1 amide bonds. The summed E-state index contributed by atoms with van der Waals surface area (Å²) < 4.78 is 6.83. The predicted octanol–water partition coefficient (Wildman–Crippen LogP) is 2.23. The number of benzene rings is 1. The molecule has 1 aliphatic heterocycles. The van der Waals surface area contributed by atoms with Crippen LogP contribution in [0.2, 0.25) is 0 Å². The first-order valence-electron chi connectivity index (χ1n) is 9.57. The predicted molar refractivity (Wildman–Crippen MR) is 111 cm³/mol. The van der Waals surface area contributed by atoms with Gasteiger partial charge in [-0.3, -0.25) is 4.79 Å². The smallest absolute Gasteiger partial charge is 0.353 e. The normalized spacial score (nSPS) is 18.0. The zero-order valence-electron chi connectivity index (χ0n) is 16.8. The number of fused-ring (bicyclic) bond motifs is 1. The second-order valence-electron chi connectivity index (χ2n) is 7.28. The van der Waals surface area contributed by atoms with Crippen LogP contribution in [0.15, 0.2) is 60.0 Å². The Balaban J connectivity index is 1.45. The maximum absolute atomic E-state index is 12.7. The zero-order valence-corrected chi connectivity index (χ0v) is 16.8. The van der Waals surface area contributed by atoms with Gasteiger partial charge >= 0.3 is 5.97 Å². The number of nitrogens with zero attached hydrogens (tertiary/aromatic N) is 3. The first kappa shape index (κ1) is 19.6. The molecule has 8 heteroatoms. The van der Waals surface area contributed by atoms with Crippen LogP contribution >= 0.6 is 0 Å². The molecule has 154 valence electrons. The van der Waals surface area contributed by atoms with Crippen LogP contribution in [0.4, 0.5) is 0 Å². The van der Waals surface area contributed by atoms with Crippen LogP contribution in [0.3, 0.4) is 0 Å². The number of amides is 1. The number of carbonyl (C=O) groups excluding carboxylic acids is 2. The molecular formula is C22H22N4O4. The Morgan fingerprint density at radius 2 is 2.03 bits per heavy atom. The summed E-state index contributed by atoms with van der Waals surface area (Å²) in [6.45, 7) is 0.170. The van der Waals surface area contributed by atoms with Crippen molar-refractivity contribution in [3.63, 3.8) is 0 Å². The lowest BCUT2D eigenvalue weighted by molar-refractivity contribution is -0.166. The Morgan fingerprint density at radius 1 is 1.23 bits per heavy atom. The molecule has 4 rings (SSSR count). The van der Waals surface area contributed by atoms with Gasteiger partial charge in [0.25, 0.3) is 5.91 Å². The molecule has 2 aromatic heterocycles. The van der Waals surface area contributed by atoms with Gasteiger partial charge in [-0.25, -0.2) is 9.78 Å². The first-order chi connectivity index (χ1) is 14.5. The summed E-state index contributed by atoms with van der Waals surface area (Å²) in [4.78, 5) is 35.1. The lowest BCUT2D eigenvalue weighted by atomic mass is 9.89. The largest absolute Gasteiger partial charge is 0.466 e. The van der Waals surface area contributed by atoms with E-state index in [0.29, 0.717) is 17.7 Å². The van der Waals surface area contributed by atoms with Crippen molar-refractivity contribution in [2.24, 2.45) is 12.2 Å². The van der Waals surface area contributed by atoms with E-state index in [2.05, 4.69) is 15.5 Å². The number of oxime groups is 1. The highest BCUT2D eigenvalue weighted by Gasteiger charge is 2.47. The second kappa shape index (κ2) is 7.98. The van der Waals surface area contributed by atoms with Crippen LogP contribution in [-0.2, 0) is 27.8 Å². The van der Waals surface area contributed by atoms with E-state index in [1.54, 1.807) is 12.3 Å². The van der Waals surface area contributed by atoms with Crippen molar-refractivity contribution in [2.75, 3.05) is 13.7 Å². The molecule has 1 unspecified atom stereocenters. The van der Waals surface area contributed by atoms with Crippen LogP contribution in [0.25, 0.3) is 11.0 Å². The molecule has 8 nitrogen and oxygen atoms in total. The summed E-state index contributed by atoms with van der Waals surface area (Å²) in [6, 6.07) is 13.1. The second-order valence-corrected chi connectivity index (χ2v) is 7.28. The highest BCUT2D eigenvalue weighted by Crippen LogP contribution is 2.30. The van der Waals surface area contributed by atoms with E-state index < -0.39 is 11.6 Å². The van der Waals surface area contributed by atoms with Gasteiger partial charge < -0.3 is 19.5 Å². The number of ether oxygens (including phenoxy) is 1. The highest BCUT2D eigenvalue weighted by atomic mass is 16.7. The molecule has 0 radical (unpaired) electrons. The van der Waals surface area contributed by atoms with Gasteiger partial charge in [-0.15, -0.1) is 0 Å². The van der Waals surface area contributed by atoms with Crippen LogP contribution in [0, 0.1) is 0 Å². The number of rotatable bonds is 6. The third-order valence-electron chi connectivity index (χ3n) is 5.19. The fourth-order valence-electron chi connectivity index (χ4n) is 3.67. The maximum Gasteiger partial charge on any atom is 0.353 e. The molecule has 1 aromatic carbocycles. The summed E-state index contributed by atoms with van der Waals surface area (Å²) in [5.74, 6) is -0.730. The molecule has 0 saturated carbocycles. The molecule has 1 N–H and O–H groups in total. The van der Waals surface area contributed by atoms with E-state index in [1.807, 2.05) is 54.2 Å². The SMILES string of the molecule is COC(=O)C1(Cc2ccccc2)CC(CNC(=O)c2ccnc3c2ccn3C)=NO1. The van der Waals surface area contributed by atoms with E-state index in [-0.39, 0.29) is 18.9 Å². The van der Waals surface area contributed by atoms with Gasteiger partial charge in [-0.1, -0.05) is 35.5 Å². The molecular weight excluding hydrogens is 384 g/mol. The molecule has 3 heterocycles. The Morgan fingerprint density at radius 3 is 2.80 bits per heavy atom. The third-order valence-corrected chi connectivity index (χ3v) is 5.19. The fourth-order valence-corrected chi connectivity index (χ4v) is 3.67. The summed E-state index contributed by atoms with van der Waals surface area (Å²) in [6.07, 6.45) is 4.04. The van der Waals surface area contributed by atoms with Crippen molar-refractivity contribution in [1.82, 2.24) is 14.9 Å². The number of carbonyl (C=O) groups is 2. The summed E-state index contributed by atoms with van der Waals surface area (Å²) >= 11 is 0. The van der Waals surface area contributed by atoms with Gasteiger partial charge in [0, 0.05) is 37.7 Å². The minimum atomic E-state index is -1.22. The van der Waals surface area contributed by atoms with Crippen LogP contribution < -0.4 is 5.32 Å². The Bertz CT molecular complexity index is 1120.